The lowest BCUT2D eigenvalue weighted by atomic mass is 10.0. The van der Waals surface area contributed by atoms with Crippen molar-refractivity contribution in [2.75, 3.05) is 38.3 Å². The van der Waals surface area contributed by atoms with Crippen LogP contribution in [-0.4, -0.2) is 33.4 Å². The summed E-state index contributed by atoms with van der Waals surface area (Å²) in [5.74, 6) is 0.852. The van der Waals surface area contributed by atoms with E-state index < -0.39 is 0 Å². The molecule has 0 amide bonds. The smallest absolute Gasteiger partial charge is 0.0587 e. The second kappa shape index (κ2) is 8.76. The van der Waals surface area contributed by atoms with Gasteiger partial charge in [-0.25, -0.2) is 0 Å². The lowest BCUT2D eigenvalue weighted by Crippen LogP contribution is -2.27. The first kappa shape index (κ1) is 16.8. The Morgan fingerprint density at radius 2 is 2.19 bits per heavy atom. The molecule has 1 heterocycles. The van der Waals surface area contributed by atoms with E-state index in [1.165, 1.54) is 43.6 Å². The summed E-state index contributed by atoms with van der Waals surface area (Å²) >= 11 is 3.62. The molecular weight excluding hydrogens is 328 g/mol. The van der Waals surface area contributed by atoms with E-state index in [-0.39, 0.29) is 0 Å². The van der Waals surface area contributed by atoms with Crippen molar-refractivity contribution in [2.24, 2.45) is 5.92 Å². The monoisotopic (exact) mass is 354 g/mol. The molecule has 1 atom stereocenters. The standard InChI is InChI=1S/C17H27BrN2O/c1-14-4-3-9-20(10-7-14)17-12-16(18)6-5-15(17)13-19-8-11-21-2/h5-6,12,14,19H,3-4,7-11,13H2,1-2H3. The SMILES string of the molecule is COCCNCc1ccc(Br)cc1N1CCCC(C)CC1. The third-order valence-electron chi connectivity index (χ3n) is 4.20. The third-order valence-corrected chi connectivity index (χ3v) is 4.70. The van der Waals surface area contributed by atoms with E-state index in [2.05, 4.69) is 51.3 Å². The van der Waals surface area contributed by atoms with Crippen LogP contribution >= 0.6 is 15.9 Å². The first-order valence-corrected chi connectivity index (χ1v) is 8.73. The summed E-state index contributed by atoms with van der Waals surface area (Å²) in [6.45, 7) is 7.26. The van der Waals surface area contributed by atoms with E-state index in [9.17, 15) is 0 Å². The fourth-order valence-electron chi connectivity index (χ4n) is 2.88. The summed E-state index contributed by atoms with van der Waals surface area (Å²) in [6, 6.07) is 6.63. The van der Waals surface area contributed by atoms with E-state index >= 15 is 0 Å². The van der Waals surface area contributed by atoms with Crippen LogP contribution in [0, 0.1) is 5.92 Å². The van der Waals surface area contributed by atoms with E-state index in [1.54, 1.807) is 7.11 Å². The maximum absolute atomic E-state index is 5.09. The van der Waals surface area contributed by atoms with Crippen LogP contribution in [0.5, 0.6) is 0 Å². The van der Waals surface area contributed by atoms with Gasteiger partial charge >= 0.3 is 0 Å². The lowest BCUT2D eigenvalue weighted by Gasteiger charge is -2.26. The highest BCUT2D eigenvalue weighted by Gasteiger charge is 2.16. The molecule has 1 saturated heterocycles. The second-order valence-electron chi connectivity index (χ2n) is 5.97. The van der Waals surface area contributed by atoms with E-state index in [0.717, 1.165) is 30.1 Å². The Hall–Kier alpha value is -0.580. The molecule has 0 radical (unpaired) electrons. The molecule has 1 aliphatic rings. The number of hydrogen-bond donors (Lipinski definition) is 1. The van der Waals surface area contributed by atoms with Gasteiger partial charge in [0.2, 0.25) is 0 Å². The molecule has 1 N–H and O–H groups in total. The Balaban J connectivity index is 2.06. The van der Waals surface area contributed by atoms with Gasteiger partial charge < -0.3 is 15.0 Å². The molecule has 1 fully saturated rings. The molecule has 1 aromatic carbocycles. The molecule has 118 valence electrons. The van der Waals surface area contributed by atoms with Gasteiger partial charge in [-0.1, -0.05) is 28.9 Å². The molecular formula is C17H27BrN2O. The van der Waals surface area contributed by atoms with E-state index in [0.29, 0.717) is 0 Å². The molecule has 0 spiro atoms. The van der Waals surface area contributed by atoms with E-state index in [1.807, 2.05) is 0 Å². The highest BCUT2D eigenvalue weighted by atomic mass is 79.9. The van der Waals surface area contributed by atoms with Crippen LogP contribution < -0.4 is 10.2 Å². The van der Waals surface area contributed by atoms with Crippen molar-refractivity contribution in [1.82, 2.24) is 5.32 Å². The number of rotatable bonds is 6. The zero-order chi connectivity index (χ0) is 15.1. The van der Waals surface area contributed by atoms with Crippen molar-refractivity contribution in [3.8, 4) is 0 Å². The van der Waals surface area contributed by atoms with Crippen molar-refractivity contribution in [1.29, 1.82) is 0 Å². The summed E-state index contributed by atoms with van der Waals surface area (Å²) in [5, 5.41) is 3.46. The van der Waals surface area contributed by atoms with Crippen LogP contribution in [0.2, 0.25) is 0 Å². The van der Waals surface area contributed by atoms with Crippen LogP contribution in [-0.2, 0) is 11.3 Å². The normalized spacial score (nSPS) is 19.6. The van der Waals surface area contributed by atoms with Crippen molar-refractivity contribution in [2.45, 2.75) is 32.7 Å². The van der Waals surface area contributed by atoms with Gasteiger partial charge in [-0.15, -0.1) is 0 Å². The molecule has 0 saturated carbocycles. The number of nitrogens with zero attached hydrogens (tertiary/aromatic N) is 1. The van der Waals surface area contributed by atoms with Gasteiger partial charge in [-0.2, -0.15) is 0 Å². The average molecular weight is 355 g/mol. The molecule has 0 aliphatic carbocycles. The lowest BCUT2D eigenvalue weighted by molar-refractivity contribution is 0.199. The van der Waals surface area contributed by atoms with Crippen molar-refractivity contribution >= 4 is 21.6 Å². The number of ether oxygens (including phenoxy) is 1. The quantitative estimate of drug-likeness (QED) is 0.786. The van der Waals surface area contributed by atoms with E-state index in [4.69, 9.17) is 4.74 Å². The fraction of sp³-hybridized carbons (Fsp3) is 0.647. The van der Waals surface area contributed by atoms with Gasteiger partial charge in [-0.3, -0.25) is 0 Å². The third kappa shape index (κ3) is 5.28. The number of halogens is 1. The van der Waals surface area contributed by atoms with Crippen molar-refractivity contribution in [3.05, 3.63) is 28.2 Å². The van der Waals surface area contributed by atoms with Crippen LogP contribution in [0.4, 0.5) is 5.69 Å². The molecule has 1 unspecified atom stereocenters. The summed E-state index contributed by atoms with van der Waals surface area (Å²) in [6.07, 6.45) is 3.94. The fourth-order valence-corrected chi connectivity index (χ4v) is 3.23. The average Bonchev–Trinajstić information content (AvgIpc) is 2.69. The predicted octanol–water partition coefficient (Wildman–Crippen LogP) is 3.81. The molecule has 21 heavy (non-hydrogen) atoms. The molecule has 3 nitrogen and oxygen atoms in total. The zero-order valence-electron chi connectivity index (χ0n) is 13.2. The van der Waals surface area contributed by atoms with Gasteiger partial charge in [0, 0.05) is 43.4 Å². The minimum Gasteiger partial charge on any atom is -0.383 e. The highest BCUT2D eigenvalue weighted by Crippen LogP contribution is 2.28. The summed E-state index contributed by atoms with van der Waals surface area (Å²) < 4.78 is 6.26. The maximum atomic E-state index is 5.09. The van der Waals surface area contributed by atoms with Crippen LogP contribution in [0.25, 0.3) is 0 Å². The molecule has 0 aromatic heterocycles. The summed E-state index contributed by atoms with van der Waals surface area (Å²) in [4.78, 5) is 2.56. The van der Waals surface area contributed by atoms with Crippen LogP contribution in [0.15, 0.2) is 22.7 Å². The zero-order valence-corrected chi connectivity index (χ0v) is 14.8. The van der Waals surface area contributed by atoms with Gasteiger partial charge in [0.1, 0.15) is 0 Å². The number of anilines is 1. The Labute approximate surface area is 137 Å². The highest BCUT2D eigenvalue weighted by molar-refractivity contribution is 9.10. The number of hydrogen-bond acceptors (Lipinski definition) is 3. The number of nitrogens with one attached hydrogen (secondary N) is 1. The topological polar surface area (TPSA) is 24.5 Å². The number of methoxy groups -OCH3 is 1. The maximum Gasteiger partial charge on any atom is 0.0587 e. The first-order valence-electron chi connectivity index (χ1n) is 7.93. The van der Waals surface area contributed by atoms with Gasteiger partial charge in [-0.05, 0) is 42.9 Å². The van der Waals surface area contributed by atoms with Gasteiger partial charge in [0.05, 0.1) is 6.61 Å². The largest absolute Gasteiger partial charge is 0.383 e. The Kier molecular flexibility index (Phi) is 7.00. The summed E-state index contributed by atoms with van der Waals surface area (Å²) in [5.41, 5.74) is 2.76. The van der Waals surface area contributed by atoms with Gasteiger partial charge in [0.15, 0.2) is 0 Å². The summed E-state index contributed by atoms with van der Waals surface area (Å²) in [7, 11) is 1.74. The van der Waals surface area contributed by atoms with Crippen LogP contribution in [0.1, 0.15) is 31.7 Å². The first-order chi connectivity index (χ1) is 10.2. The Bertz CT molecular complexity index is 439. The minimum absolute atomic E-state index is 0.757. The van der Waals surface area contributed by atoms with Crippen LogP contribution in [0.3, 0.4) is 0 Å². The van der Waals surface area contributed by atoms with Gasteiger partial charge in [0.25, 0.3) is 0 Å². The molecule has 1 aromatic rings. The predicted molar refractivity (Wildman–Crippen MR) is 93.0 cm³/mol. The minimum atomic E-state index is 0.757. The number of benzene rings is 1. The molecule has 1 aliphatic heterocycles. The second-order valence-corrected chi connectivity index (χ2v) is 6.88. The molecule has 0 bridgehead atoms. The Morgan fingerprint density at radius 3 is 3.00 bits per heavy atom. The van der Waals surface area contributed by atoms with Crippen molar-refractivity contribution < 1.29 is 4.74 Å². The molecule has 2 rings (SSSR count). The Morgan fingerprint density at radius 1 is 1.33 bits per heavy atom. The van der Waals surface area contributed by atoms with Crippen molar-refractivity contribution in [3.63, 3.8) is 0 Å². The molecule has 4 heteroatoms.